The molecule has 1 heterocycles. The van der Waals surface area contributed by atoms with Gasteiger partial charge in [-0.25, -0.2) is 0 Å². The summed E-state index contributed by atoms with van der Waals surface area (Å²) in [7, 11) is 0. The number of hydrogen-bond donors (Lipinski definition) is 1. The lowest BCUT2D eigenvalue weighted by molar-refractivity contribution is -0.384. The largest absolute Gasteiger partial charge is 0.489 e. The van der Waals surface area contributed by atoms with Crippen LogP contribution in [0, 0.1) is 10.1 Å². The zero-order valence-corrected chi connectivity index (χ0v) is 18.1. The van der Waals surface area contributed by atoms with Gasteiger partial charge in [-0.3, -0.25) is 19.6 Å². The molecule has 0 atom stereocenters. The smallest absolute Gasteiger partial charge is 0.269 e. The number of anilines is 1. The van der Waals surface area contributed by atoms with E-state index in [1.54, 1.807) is 35.3 Å². The molecule has 1 aromatic heterocycles. The van der Waals surface area contributed by atoms with Gasteiger partial charge in [0.2, 0.25) is 0 Å². The van der Waals surface area contributed by atoms with E-state index in [9.17, 15) is 14.9 Å². The first-order valence-electron chi connectivity index (χ1n) is 10.0. The molecule has 0 saturated carbocycles. The number of carbonyl (C=O) groups excluding carboxylic acids is 1. The summed E-state index contributed by atoms with van der Waals surface area (Å²) < 4.78 is 7.40. The van der Waals surface area contributed by atoms with E-state index in [1.165, 1.54) is 24.3 Å². The fourth-order valence-electron chi connectivity index (χ4n) is 3.13. The first-order valence-corrected chi connectivity index (χ1v) is 10.4. The van der Waals surface area contributed by atoms with Crippen molar-refractivity contribution in [1.82, 2.24) is 9.78 Å². The summed E-state index contributed by atoms with van der Waals surface area (Å²) in [5.74, 6) is 0.238. The maximum atomic E-state index is 12.7. The van der Waals surface area contributed by atoms with Gasteiger partial charge in [0.25, 0.3) is 11.6 Å². The van der Waals surface area contributed by atoms with E-state index in [4.69, 9.17) is 16.3 Å². The Bertz CT molecular complexity index is 1270. The molecule has 1 amide bonds. The number of nitro benzene ring substituents is 1. The second-order valence-corrected chi connectivity index (χ2v) is 7.68. The molecule has 0 bridgehead atoms. The number of hydrogen-bond acceptors (Lipinski definition) is 5. The second kappa shape index (κ2) is 9.97. The highest BCUT2D eigenvalue weighted by Gasteiger charge is 2.10. The van der Waals surface area contributed by atoms with Crippen LogP contribution in [-0.4, -0.2) is 20.6 Å². The van der Waals surface area contributed by atoms with Crippen molar-refractivity contribution in [2.75, 3.05) is 5.32 Å². The number of halogens is 1. The van der Waals surface area contributed by atoms with Crippen molar-refractivity contribution in [3.8, 4) is 5.75 Å². The average Bonchev–Trinajstić information content (AvgIpc) is 3.26. The Morgan fingerprint density at radius 2 is 1.82 bits per heavy atom. The highest BCUT2D eigenvalue weighted by Crippen LogP contribution is 2.19. The predicted molar refractivity (Wildman–Crippen MR) is 125 cm³/mol. The minimum absolute atomic E-state index is 0.00231. The zero-order valence-electron chi connectivity index (χ0n) is 17.3. The number of nitrogens with zero attached hydrogens (tertiary/aromatic N) is 3. The fourth-order valence-corrected chi connectivity index (χ4v) is 3.25. The summed E-state index contributed by atoms with van der Waals surface area (Å²) in [6, 6.07) is 20.4. The highest BCUT2D eigenvalue weighted by molar-refractivity contribution is 6.30. The van der Waals surface area contributed by atoms with Crippen molar-refractivity contribution in [1.29, 1.82) is 0 Å². The van der Waals surface area contributed by atoms with Gasteiger partial charge < -0.3 is 10.1 Å². The summed E-state index contributed by atoms with van der Waals surface area (Å²) in [5, 5.41) is 18.5. The monoisotopic (exact) mass is 462 g/mol. The Morgan fingerprint density at radius 3 is 2.55 bits per heavy atom. The van der Waals surface area contributed by atoms with E-state index in [1.807, 2.05) is 30.3 Å². The standard InChI is InChI=1S/C24H19ClN4O4/c25-20-6-4-17(5-7-20)14-28-15-21(13-26-28)27-24(30)19-3-1-2-18(12-19)16-33-23-10-8-22(9-11-23)29(31)32/h1-13,15H,14,16H2,(H,27,30). The molecule has 0 aliphatic heterocycles. The van der Waals surface area contributed by atoms with Crippen LogP contribution in [0.25, 0.3) is 0 Å². The van der Waals surface area contributed by atoms with Crippen LogP contribution in [0.1, 0.15) is 21.5 Å². The minimum atomic E-state index is -0.465. The lowest BCUT2D eigenvalue weighted by Crippen LogP contribution is -2.12. The number of nitrogens with one attached hydrogen (secondary N) is 1. The van der Waals surface area contributed by atoms with Crippen LogP contribution in [0.4, 0.5) is 11.4 Å². The topological polar surface area (TPSA) is 99.3 Å². The maximum Gasteiger partial charge on any atom is 0.269 e. The third-order valence-corrected chi connectivity index (χ3v) is 5.04. The zero-order chi connectivity index (χ0) is 23.2. The number of nitro groups is 1. The molecule has 0 aliphatic rings. The summed E-state index contributed by atoms with van der Waals surface area (Å²) >= 11 is 5.91. The molecule has 0 radical (unpaired) electrons. The molecule has 8 nitrogen and oxygen atoms in total. The molecular weight excluding hydrogens is 444 g/mol. The molecule has 0 aliphatic carbocycles. The summed E-state index contributed by atoms with van der Waals surface area (Å²) in [6.45, 7) is 0.778. The molecule has 0 saturated heterocycles. The van der Waals surface area contributed by atoms with E-state index in [2.05, 4.69) is 10.4 Å². The molecule has 1 N–H and O–H groups in total. The molecule has 3 aromatic carbocycles. The van der Waals surface area contributed by atoms with Crippen molar-refractivity contribution in [3.63, 3.8) is 0 Å². The number of ether oxygens (including phenoxy) is 1. The highest BCUT2D eigenvalue weighted by atomic mass is 35.5. The summed E-state index contributed by atoms with van der Waals surface area (Å²) in [5.41, 5.74) is 2.89. The number of aromatic nitrogens is 2. The Morgan fingerprint density at radius 1 is 1.06 bits per heavy atom. The maximum absolute atomic E-state index is 12.7. The van der Waals surface area contributed by atoms with Gasteiger partial charge in [-0.2, -0.15) is 5.10 Å². The predicted octanol–water partition coefficient (Wildman–Crippen LogP) is 5.32. The minimum Gasteiger partial charge on any atom is -0.489 e. The normalized spacial score (nSPS) is 10.6. The van der Waals surface area contributed by atoms with Crippen LogP contribution in [-0.2, 0) is 13.2 Å². The van der Waals surface area contributed by atoms with Crippen LogP contribution in [0.2, 0.25) is 5.02 Å². The molecule has 4 rings (SSSR count). The van der Waals surface area contributed by atoms with Gasteiger partial charge in [0, 0.05) is 28.9 Å². The van der Waals surface area contributed by atoms with Crippen LogP contribution >= 0.6 is 11.6 Å². The van der Waals surface area contributed by atoms with E-state index in [-0.39, 0.29) is 18.2 Å². The molecule has 9 heteroatoms. The number of benzene rings is 3. The molecule has 166 valence electrons. The Hall–Kier alpha value is -4.17. The number of rotatable bonds is 8. The van der Waals surface area contributed by atoms with Crippen LogP contribution < -0.4 is 10.1 Å². The van der Waals surface area contributed by atoms with Crippen LogP contribution in [0.15, 0.2) is 85.2 Å². The van der Waals surface area contributed by atoms with Crippen LogP contribution in [0.3, 0.4) is 0 Å². The number of carbonyl (C=O) groups is 1. The fraction of sp³-hybridized carbons (Fsp3) is 0.0833. The van der Waals surface area contributed by atoms with Gasteiger partial charge >= 0.3 is 0 Å². The van der Waals surface area contributed by atoms with E-state index >= 15 is 0 Å². The Balaban J connectivity index is 1.35. The van der Waals surface area contributed by atoms with Gasteiger partial charge in [0.05, 0.1) is 23.4 Å². The lowest BCUT2D eigenvalue weighted by Gasteiger charge is -2.08. The van der Waals surface area contributed by atoms with E-state index < -0.39 is 4.92 Å². The SMILES string of the molecule is O=C(Nc1cnn(Cc2ccc(Cl)cc2)c1)c1cccc(COc2ccc([N+](=O)[O-])cc2)c1. The molecule has 4 aromatic rings. The molecule has 0 unspecified atom stereocenters. The summed E-state index contributed by atoms with van der Waals surface area (Å²) in [6.07, 6.45) is 3.35. The summed E-state index contributed by atoms with van der Waals surface area (Å²) in [4.78, 5) is 23.0. The first-order chi connectivity index (χ1) is 16.0. The van der Waals surface area contributed by atoms with Crippen LogP contribution in [0.5, 0.6) is 5.75 Å². The van der Waals surface area contributed by atoms with Crippen molar-refractivity contribution >= 4 is 28.9 Å². The van der Waals surface area contributed by atoms with Gasteiger partial charge in [-0.15, -0.1) is 0 Å². The van der Waals surface area contributed by atoms with E-state index in [0.29, 0.717) is 28.6 Å². The van der Waals surface area contributed by atoms with E-state index in [0.717, 1.165) is 11.1 Å². The van der Waals surface area contributed by atoms with Crippen molar-refractivity contribution in [3.05, 3.63) is 117 Å². The van der Waals surface area contributed by atoms with Gasteiger partial charge in [0.1, 0.15) is 12.4 Å². The molecule has 0 spiro atoms. The lowest BCUT2D eigenvalue weighted by atomic mass is 10.1. The number of non-ortho nitro benzene ring substituents is 1. The average molecular weight is 463 g/mol. The molecular formula is C24H19ClN4O4. The van der Waals surface area contributed by atoms with Crippen molar-refractivity contribution in [2.24, 2.45) is 0 Å². The third-order valence-electron chi connectivity index (χ3n) is 4.79. The number of amides is 1. The Kier molecular flexibility index (Phi) is 6.66. The van der Waals surface area contributed by atoms with Gasteiger partial charge in [-0.1, -0.05) is 35.9 Å². The Labute approximate surface area is 194 Å². The first kappa shape index (κ1) is 22.0. The second-order valence-electron chi connectivity index (χ2n) is 7.25. The molecule has 33 heavy (non-hydrogen) atoms. The van der Waals surface area contributed by atoms with Crippen molar-refractivity contribution in [2.45, 2.75) is 13.2 Å². The quantitative estimate of drug-likeness (QED) is 0.282. The van der Waals surface area contributed by atoms with Gasteiger partial charge in [0.15, 0.2) is 0 Å². The van der Waals surface area contributed by atoms with Crippen molar-refractivity contribution < 1.29 is 14.5 Å². The molecule has 0 fully saturated rings. The third kappa shape index (κ3) is 5.96. The van der Waals surface area contributed by atoms with Gasteiger partial charge in [-0.05, 0) is 47.5 Å².